The maximum Gasteiger partial charge on any atom is 0.187 e. The Kier molecular flexibility index (Phi) is 7.94. The first kappa shape index (κ1) is 23.9. The van der Waals surface area contributed by atoms with E-state index in [9.17, 15) is 0 Å². The topological polar surface area (TPSA) is 46.2 Å². The fraction of sp³-hybridized carbons (Fsp3) is 0.357. The Bertz CT molecular complexity index is 1020. The second-order valence-electron chi connectivity index (χ2n) is 8.74. The molecule has 34 heavy (non-hydrogen) atoms. The zero-order valence-corrected chi connectivity index (χ0v) is 21.1. The average Bonchev–Trinajstić information content (AvgIpc) is 3.29. The molecule has 5 rings (SSSR count). The monoisotopic (exact) mass is 572 g/mol. The van der Waals surface area contributed by atoms with Gasteiger partial charge in [-0.1, -0.05) is 114 Å². The van der Waals surface area contributed by atoms with Crippen molar-refractivity contribution in [2.45, 2.75) is 50.0 Å². The number of hydrogen-bond donors (Lipinski definition) is 0. The van der Waals surface area contributed by atoms with E-state index in [4.69, 9.17) is 23.7 Å². The summed E-state index contributed by atoms with van der Waals surface area (Å²) in [5.41, 5.74) is 2.73. The second-order valence-corrected chi connectivity index (χ2v) is 9.50. The van der Waals surface area contributed by atoms with Crippen LogP contribution in [0, 0.1) is 0 Å². The summed E-state index contributed by atoms with van der Waals surface area (Å²) in [6.07, 6.45) is -1.59. The molecule has 0 radical (unpaired) electrons. The van der Waals surface area contributed by atoms with Gasteiger partial charge >= 0.3 is 0 Å². The third-order valence-corrected chi connectivity index (χ3v) is 7.61. The first-order valence-corrected chi connectivity index (χ1v) is 13.1. The Balaban J connectivity index is 1.40. The third kappa shape index (κ3) is 5.37. The molecular weight excluding hydrogens is 543 g/mol. The van der Waals surface area contributed by atoms with Crippen molar-refractivity contribution in [2.24, 2.45) is 0 Å². The molecule has 6 heteroatoms. The van der Waals surface area contributed by atoms with Gasteiger partial charge in [-0.3, -0.25) is 0 Å². The normalized spacial score (nSPS) is 28.1. The molecule has 0 aromatic heterocycles. The van der Waals surface area contributed by atoms with Crippen LogP contribution in [0.4, 0.5) is 0 Å². The second kappa shape index (κ2) is 11.3. The molecule has 5 unspecified atom stereocenters. The summed E-state index contributed by atoms with van der Waals surface area (Å²) in [5.74, 6) is 0. The zero-order chi connectivity index (χ0) is 23.2. The van der Waals surface area contributed by atoms with Crippen molar-refractivity contribution in [3.63, 3.8) is 0 Å². The number of fused-ring (bicyclic) bond motifs is 2. The molecule has 0 amide bonds. The number of rotatable bonds is 10. The third-order valence-electron chi connectivity index (χ3n) is 6.32. The van der Waals surface area contributed by atoms with Crippen LogP contribution in [0.2, 0.25) is 0 Å². The zero-order valence-electron chi connectivity index (χ0n) is 18.9. The molecule has 3 aromatic carbocycles. The summed E-state index contributed by atoms with van der Waals surface area (Å²) < 4.78 is 32.9. The van der Waals surface area contributed by atoms with Gasteiger partial charge in [-0.05, 0) is 16.7 Å². The molecule has 178 valence electrons. The molecule has 5 atom stereocenters. The molecule has 2 bridgehead atoms. The van der Waals surface area contributed by atoms with E-state index in [1.54, 1.807) is 0 Å². The quantitative estimate of drug-likeness (QED) is 0.244. The molecule has 2 aliphatic rings. The first-order valence-electron chi connectivity index (χ1n) is 11.6. The summed E-state index contributed by atoms with van der Waals surface area (Å²) in [5, 5.41) is 0. The van der Waals surface area contributed by atoms with Crippen LogP contribution in [-0.4, -0.2) is 41.2 Å². The largest absolute Gasteiger partial charge is 0.368 e. The Hall–Kier alpha value is -1.81. The van der Waals surface area contributed by atoms with Gasteiger partial charge in [0.25, 0.3) is 0 Å². The van der Waals surface area contributed by atoms with Crippen LogP contribution < -0.4 is 0 Å². The number of halogens is 1. The summed E-state index contributed by atoms with van der Waals surface area (Å²) in [7, 11) is 0. The molecule has 3 aromatic rings. The minimum atomic E-state index is -0.575. The Morgan fingerprint density at radius 2 is 1.15 bits per heavy atom. The molecule has 0 saturated carbocycles. The van der Waals surface area contributed by atoms with Crippen molar-refractivity contribution in [3.8, 4) is 0 Å². The molecular formula is C28H29IO5. The van der Waals surface area contributed by atoms with Gasteiger partial charge in [-0.15, -0.1) is 0 Å². The molecule has 2 heterocycles. The van der Waals surface area contributed by atoms with Gasteiger partial charge in [-0.2, -0.15) is 0 Å². The van der Waals surface area contributed by atoms with Gasteiger partial charge in [0.05, 0.1) is 26.4 Å². The van der Waals surface area contributed by atoms with E-state index in [0.717, 1.165) is 21.1 Å². The molecule has 2 fully saturated rings. The Morgan fingerprint density at radius 3 is 1.65 bits per heavy atom. The molecule has 0 aliphatic carbocycles. The van der Waals surface area contributed by atoms with Crippen LogP contribution in [0.3, 0.4) is 0 Å². The van der Waals surface area contributed by atoms with Crippen molar-refractivity contribution < 1.29 is 23.7 Å². The smallest absolute Gasteiger partial charge is 0.187 e. The summed E-state index contributed by atoms with van der Waals surface area (Å²) in [4.78, 5) is 0. The Morgan fingerprint density at radius 1 is 0.676 bits per heavy atom. The molecule has 2 saturated heterocycles. The van der Waals surface area contributed by atoms with Gasteiger partial charge in [0.1, 0.15) is 23.9 Å². The summed E-state index contributed by atoms with van der Waals surface area (Å²) in [6.45, 7) is 1.83. The van der Waals surface area contributed by atoms with Crippen molar-refractivity contribution in [1.29, 1.82) is 0 Å². The molecule has 0 N–H and O–H groups in total. The van der Waals surface area contributed by atoms with Crippen LogP contribution in [0.25, 0.3) is 0 Å². The van der Waals surface area contributed by atoms with Gasteiger partial charge < -0.3 is 23.7 Å². The predicted octanol–water partition coefficient (Wildman–Crippen LogP) is 5.30. The lowest BCUT2D eigenvalue weighted by Gasteiger charge is -2.46. The van der Waals surface area contributed by atoms with Crippen molar-refractivity contribution in [2.75, 3.05) is 11.0 Å². The lowest BCUT2D eigenvalue weighted by atomic mass is 9.89. The summed E-state index contributed by atoms with van der Waals surface area (Å²) in [6, 6.07) is 30.5. The van der Waals surface area contributed by atoms with Gasteiger partial charge in [0.15, 0.2) is 6.29 Å². The van der Waals surface area contributed by atoms with Gasteiger partial charge in [0, 0.05) is 4.43 Å². The summed E-state index contributed by atoms with van der Waals surface area (Å²) >= 11 is 2.36. The van der Waals surface area contributed by atoms with Crippen LogP contribution in [-0.2, 0) is 43.5 Å². The fourth-order valence-electron chi connectivity index (χ4n) is 4.50. The first-order chi connectivity index (χ1) is 16.8. The Labute approximate surface area is 214 Å². The van der Waals surface area contributed by atoms with Crippen molar-refractivity contribution in [3.05, 3.63) is 108 Å². The van der Waals surface area contributed by atoms with E-state index in [2.05, 4.69) is 59.0 Å². The highest BCUT2D eigenvalue weighted by molar-refractivity contribution is 14.1. The highest BCUT2D eigenvalue weighted by atomic mass is 127. The SMILES string of the molecule is ICC12COC(O1)C(OCc1ccccc1)C(OCc1ccccc1)C2OCc1ccccc1. The lowest BCUT2D eigenvalue weighted by Crippen LogP contribution is -2.63. The van der Waals surface area contributed by atoms with E-state index in [1.807, 2.05) is 54.6 Å². The van der Waals surface area contributed by atoms with E-state index in [-0.39, 0.29) is 12.2 Å². The maximum atomic E-state index is 6.57. The van der Waals surface area contributed by atoms with Crippen LogP contribution in [0.15, 0.2) is 91.0 Å². The molecule has 0 spiro atoms. The van der Waals surface area contributed by atoms with Gasteiger partial charge in [0.2, 0.25) is 0 Å². The van der Waals surface area contributed by atoms with Crippen molar-refractivity contribution >= 4 is 22.6 Å². The maximum absolute atomic E-state index is 6.57. The highest BCUT2D eigenvalue weighted by Crippen LogP contribution is 2.43. The molecule has 2 aliphatic heterocycles. The van der Waals surface area contributed by atoms with E-state index in [0.29, 0.717) is 26.4 Å². The molecule has 5 nitrogen and oxygen atoms in total. The minimum absolute atomic E-state index is 0.340. The van der Waals surface area contributed by atoms with E-state index >= 15 is 0 Å². The average molecular weight is 572 g/mol. The van der Waals surface area contributed by atoms with Gasteiger partial charge in [-0.25, -0.2) is 0 Å². The highest BCUT2D eigenvalue weighted by Gasteiger charge is 2.61. The minimum Gasteiger partial charge on any atom is -0.368 e. The number of ether oxygens (including phenoxy) is 5. The van der Waals surface area contributed by atoms with Crippen molar-refractivity contribution in [1.82, 2.24) is 0 Å². The van der Waals surface area contributed by atoms with Crippen LogP contribution in [0.1, 0.15) is 16.7 Å². The predicted molar refractivity (Wildman–Crippen MR) is 137 cm³/mol. The fourth-order valence-corrected chi connectivity index (χ4v) is 5.34. The number of hydrogen-bond acceptors (Lipinski definition) is 5. The van der Waals surface area contributed by atoms with E-state index in [1.165, 1.54) is 0 Å². The van der Waals surface area contributed by atoms with Crippen LogP contribution >= 0.6 is 22.6 Å². The lowest BCUT2D eigenvalue weighted by molar-refractivity contribution is -0.289. The number of benzene rings is 3. The van der Waals surface area contributed by atoms with Crippen LogP contribution in [0.5, 0.6) is 0 Å². The standard InChI is InChI=1S/C28H29IO5/c29-19-28-20-33-27(34-28)25(31-17-22-12-6-2-7-13-22)24(30-16-21-10-4-1-5-11-21)26(28)32-18-23-14-8-3-9-15-23/h1-15,24-27H,16-20H2. The number of alkyl halides is 1. The van der Waals surface area contributed by atoms with E-state index < -0.39 is 18.0 Å².